The highest BCUT2D eigenvalue weighted by atomic mass is 32.2. The summed E-state index contributed by atoms with van der Waals surface area (Å²) in [7, 11) is 0. The molecule has 1 aliphatic rings. The van der Waals surface area contributed by atoms with E-state index in [4.69, 9.17) is 0 Å². The maximum Gasteiger partial charge on any atom is 0.287 e. The number of aromatic nitrogens is 4. The second-order valence-corrected chi connectivity index (χ2v) is 8.89. The minimum Gasteiger partial charge on any atom is -0.353 e. The Kier molecular flexibility index (Phi) is 6.59. The van der Waals surface area contributed by atoms with Gasteiger partial charge < -0.3 is 9.80 Å². The molecular formula is C22H25N7O3S. The number of hydrogen-bond donors (Lipinski definition) is 0. The Morgan fingerprint density at radius 2 is 1.85 bits per heavy atom. The third-order valence-corrected chi connectivity index (χ3v) is 6.54. The van der Waals surface area contributed by atoms with Crippen LogP contribution in [0.25, 0.3) is 5.69 Å². The summed E-state index contributed by atoms with van der Waals surface area (Å²) in [5, 5.41) is 20.0. The van der Waals surface area contributed by atoms with Crippen LogP contribution in [-0.4, -0.2) is 67.4 Å². The van der Waals surface area contributed by atoms with Crippen LogP contribution in [0.5, 0.6) is 0 Å². The highest BCUT2D eigenvalue weighted by molar-refractivity contribution is 7.99. The Bertz CT molecular complexity index is 1170. The molecule has 33 heavy (non-hydrogen) atoms. The number of anilines is 1. The normalized spacial score (nSPS) is 13.9. The van der Waals surface area contributed by atoms with E-state index in [2.05, 4.69) is 33.4 Å². The second kappa shape index (κ2) is 9.57. The monoisotopic (exact) mass is 467 g/mol. The van der Waals surface area contributed by atoms with E-state index in [9.17, 15) is 14.9 Å². The van der Waals surface area contributed by atoms with Gasteiger partial charge >= 0.3 is 0 Å². The van der Waals surface area contributed by atoms with Gasteiger partial charge in [0.2, 0.25) is 5.91 Å². The lowest BCUT2D eigenvalue weighted by Gasteiger charge is -2.35. The fourth-order valence-corrected chi connectivity index (χ4v) is 4.64. The molecule has 1 aromatic carbocycles. The molecule has 3 heterocycles. The van der Waals surface area contributed by atoms with Crippen LogP contribution in [0.4, 0.5) is 11.5 Å². The van der Waals surface area contributed by atoms with Gasteiger partial charge in [-0.15, -0.1) is 10.2 Å². The lowest BCUT2D eigenvalue weighted by molar-refractivity contribution is -0.385. The number of hydrogen-bond acceptors (Lipinski definition) is 8. The van der Waals surface area contributed by atoms with E-state index in [-0.39, 0.29) is 17.3 Å². The molecule has 0 N–H and O–H groups in total. The van der Waals surface area contributed by atoms with Crippen LogP contribution in [0, 0.1) is 30.9 Å². The van der Waals surface area contributed by atoms with Crippen molar-refractivity contribution in [2.75, 3.05) is 36.8 Å². The topological polar surface area (TPSA) is 110 Å². The number of nitrogens with zero attached hydrogens (tertiary/aromatic N) is 7. The van der Waals surface area contributed by atoms with E-state index >= 15 is 0 Å². The maximum atomic E-state index is 12.8. The zero-order valence-electron chi connectivity index (χ0n) is 18.8. The van der Waals surface area contributed by atoms with E-state index in [1.165, 1.54) is 24.0 Å². The quantitative estimate of drug-likeness (QED) is 0.309. The van der Waals surface area contributed by atoms with Crippen molar-refractivity contribution in [2.24, 2.45) is 0 Å². The first-order valence-corrected chi connectivity index (χ1v) is 11.6. The number of amides is 1. The number of pyridine rings is 1. The van der Waals surface area contributed by atoms with Crippen molar-refractivity contribution in [3.05, 3.63) is 63.6 Å². The molecule has 0 aliphatic carbocycles. The molecule has 0 bridgehead atoms. The second-order valence-electron chi connectivity index (χ2n) is 7.94. The van der Waals surface area contributed by atoms with Crippen LogP contribution in [0.15, 0.2) is 41.7 Å². The molecular weight excluding hydrogens is 442 g/mol. The molecule has 1 amide bonds. The van der Waals surface area contributed by atoms with E-state index in [0.717, 1.165) is 22.6 Å². The number of benzene rings is 1. The van der Waals surface area contributed by atoms with Gasteiger partial charge in [0.15, 0.2) is 5.16 Å². The zero-order chi connectivity index (χ0) is 23.5. The smallest absolute Gasteiger partial charge is 0.287 e. The van der Waals surface area contributed by atoms with Gasteiger partial charge in [-0.3, -0.25) is 19.5 Å². The van der Waals surface area contributed by atoms with Crippen molar-refractivity contribution in [3.63, 3.8) is 0 Å². The summed E-state index contributed by atoms with van der Waals surface area (Å²) in [6.07, 6.45) is 1.26. The van der Waals surface area contributed by atoms with Crippen molar-refractivity contribution in [3.8, 4) is 5.69 Å². The predicted octanol–water partition coefficient (Wildman–Crippen LogP) is 2.94. The Morgan fingerprint density at radius 1 is 1.09 bits per heavy atom. The van der Waals surface area contributed by atoms with E-state index in [1.54, 1.807) is 6.07 Å². The van der Waals surface area contributed by atoms with Crippen LogP contribution in [-0.2, 0) is 4.79 Å². The first-order valence-electron chi connectivity index (χ1n) is 10.6. The standard InChI is InChI=1S/C22H25N7O3S/c1-15-4-5-16(2)19(12-15)28-17(3)24-25-22(28)33-14-21(30)27-10-8-26(9-11-27)20-7-6-18(13-23-20)29(31)32/h4-7,12-13H,8-11,14H2,1-3H3. The molecule has 0 radical (unpaired) electrons. The highest BCUT2D eigenvalue weighted by Gasteiger charge is 2.23. The SMILES string of the molecule is Cc1ccc(C)c(-n2c(C)nnc2SCC(=O)N2CCN(c3ccc([N+](=O)[O-])cn3)CC2)c1. The molecule has 10 nitrogen and oxygen atoms in total. The van der Waals surface area contributed by atoms with Gasteiger partial charge in [-0.05, 0) is 44.0 Å². The third-order valence-electron chi connectivity index (χ3n) is 5.62. The first-order chi connectivity index (χ1) is 15.8. The Hall–Kier alpha value is -3.47. The summed E-state index contributed by atoms with van der Waals surface area (Å²) in [6.45, 7) is 8.39. The van der Waals surface area contributed by atoms with Crippen molar-refractivity contribution < 1.29 is 9.72 Å². The number of aryl methyl sites for hydroxylation is 3. The van der Waals surface area contributed by atoms with Crippen LogP contribution in [0.2, 0.25) is 0 Å². The van der Waals surface area contributed by atoms with Crippen LogP contribution in [0.1, 0.15) is 17.0 Å². The fraction of sp³-hybridized carbons (Fsp3) is 0.364. The molecule has 0 atom stereocenters. The van der Waals surface area contributed by atoms with Crippen LogP contribution < -0.4 is 4.90 Å². The Balaban J connectivity index is 1.36. The Morgan fingerprint density at radius 3 is 2.52 bits per heavy atom. The highest BCUT2D eigenvalue weighted by Crippen LogP contribution is 2.25. The largest absolute Gasteiger partial charge is 0.353 e. The van der Waals surface area contributed by atoms with Crippen molar-refractivity contribution in [2.45, 2.75) is 25.9 Å². The molecule has 11 heteroatoms. The molecule has 0 saturated carbocycles. The lowest BCUT2D eigenvalue weighted by Crippen LogP contribution is -2.49. The number of piperazine rings is 1. The number of thioether (sulfide) groups is 1. The van der Waals surface area contributed by atoms with E-state index in [1.807, 2.05) is 35.1 Å². The van der Waals surface area contributed by atoms with Gasteiger partial charge in [-0.25, -0.2) is 4.98 Å². The molecule has 0 spiro atoms. The molecule has 172 valence electrons. The maximum absolute atomic E-state index is 12.8. The minimum atomic E-state index is -0.465. The van der Waals surface area contributed by atoms with E-state index in [0.29, 0.717) is 37.2 Å². The Labute approximate surface area is 195 Å². The van der Waals surface area contributed by atoms with Gasteiger partial charge in [-0.2, -0.15) is 0 Å². The van der Waals surface area contributed by atoms with Gasteiger partial charge in [-0.1, -0.05) is 23.9 Å². The van der Waals surface area contributed by atoms with Gasteiger partial charge in [0, 0.05) is 32.2 Å². The summed E-state index contributed by atoms with van der Waals surface area (Å²) in [5.74, 6) is 1.78. The third kappa shape index (κ3) is 4.98. The summed E-state index contributed by atoms with van der Waals surface area (Å²) in [5.41, 5.74) is 3.26. The van der Waals surface area contributed by atoms with Crippen LogP contribution in [0.3, 0.4) is 0 Å². The minimum absolute atomic E-state index is 0.0338. The van der Waals surface area contributed by atoms with Crippen molar-refractivity contribution >= 4 is 29.2 Å². The zero-order valence-corrected chi connectivity index (χ0v) is 19.6. The number of carbonyl (C=O) groups excluding carboxylic acids is 1. The molecule has 2 aromatic heterocycles. The average Bonchev–Trinajstić information content (AvgIpc) is 3.19. The average molecular weight is 468 g/mol. The molecule has 1 saturated heterocycles. The van der Waals surface area contributed by atoms with Gasteiger partial charge in [0.1, 0.15) is 17.8 Å². The molecule has 1 aliphatic heterocycles. The van der Waals surface area contributed by atoms with Crippen LogP contribution >= 0.6 is 11.8 Å². The van der Waals surface area contributed by atoms with Crippen molar-refractivity contribution in [1.82, 2.24) is 24.6 Å². The number of nitro groups is 1. The summed E-state index contributed by atoms with van der Waals surface area (Å²) < 4.78 is 2.00. The van der Waals surface area contributed by atoms with E-state index < -0.39 is 4.92 Å². The fourth-order valence-electron chi connectivity index (χ4n) is 3.75. The summed E-state index contributed by atoms with van der Waals surface area (Å²) in [4.78, 5) is 31.2. The van der Waals surface area contributed by atoms with Crippen molar-refractivity contribution in [1.29, 1.82) is 0 Å². The summed E-state index contributed by atoms with van der Waals surface area (Å²) >= 11 is 1.39. The number of rotatable bonds is 6. The molecule has 0 unspecified atom stereocenters. The van der Waals surface area contributed by atoms with Gasteiger partial charge in [0.25, 0.3) is 5.69 Å². The molecule has 3 aromatic rings. The first kappa shape index (κ1) is 22.7. The van der Waals surface area contributed by atoms with Gasteiger partial charge in [0.05, 0.1) is 16.4 Å². The molecule has 1 fully saturated rings. The predicted molar refractivity (Wildman–Crippen MR) is 126 cm³/mol. The molecule has 4 rings (SSSR count). The summed E-state index contributed by atoms with van der Waals surface area (Å²) in [6, 6.07) is 9.34. The number of carbonyl (C=O) groups is 1. The lowest BCUT2D eigenvalue weighted by atomic mass is 10.1.